The van der Waals surface area contributed by atoms with Gasteiger partial charge in [-0.15, -0.1) is 0 Å². The molecule has 0 unspecified atom stereocenters. The minimum atomic E-state index is -0.890. The number of hydrogen-bond donors (Lipinski definition) is 0. The Bertz CT molecular complexity index is 170. The summed E-state index contributed by atoms with van der Waals surface area (Å²) in [6.07, 6.45) is 0. The van der Waals surface area contributed by atoms with Crippen molar-refractivity contribution in [2.24, 2.45) is 0 Å². The fourth-order valence-corrected chi connectivity index (χ4v) is 1.34. The summed E-state index contributed by atoms with van der Waals surface area (Å²) in [7, 11) is 0. The van der Waals surface area contributed by atoms with E-state index < -0.39 is 10.3 Å². The first-order chi connectivity index (χ1) is 5.12. The lowest BCUT2D eigenvalue weighted by Gasteiger charge is -2.31. The molecule has 0 bridgehead atoms. The molecule has 0 saturated carbocycles. The van der Waals surface area contributed by atoms with E-state index in [0.717, 1.165) is 0 Å². The molecule has 0 fully saturated rings. The summed E-state index contributed by atoms with van der Waals surface area (Å²) in [6, 6.07) is 0. The maximum atomic E-state index is 10.6. The van der Waals surface area contributed by atoms with Gasteiger partial charge < -0.3 is 9.47 Å². The maximum absolute atomic E-state index is 10.6. The zero-order valence-electron chi connectivity index (χ0n) is 8.10. The van der Waals surface area contributed by atoms with Gasteiger partial charge in [-0.1, -0.05) is 15.9 Å². The number of esters is 1. The van der Waals surface area contributed by atoms with Crippen LogP contribution in [0.15, 0.2) is 0 Å². The van der Waals surface area contributed by atoms with E-state index in [4.69, 9.17) is 9.47 Å². The van der Waals surface area contributed by atoms with Crippen molar-refractivity contribution in [1.29, 1.82) is 0 Å². The Hall–Kier alpha value is -0.0900. The zero-order valence-corrected chi connectivity index (χ0v) is 9.69. The number of alkyl halides is 1. The monoisotopic (exact) mass is 238 g/mol. The van der Waals surface area contributed by atoms with Crippen molar-refractivity contribution in [3.8, 4) is 0 Å². The molecule has 0 aliphatic carbocycles. The van der Waals surface area contributed by atoms with Gasteiger partial charge in [-0.25, -0.2) is 0 Å². The highest BCUT2D eigenvalue weighted by atomic mass is 79.9. The van der Waals surface area contributed by atoms with Crippen LogP contribution >= 0.6 is 15.9 Å². The molecule has 72 valence electrons. The minimum Gasteiger partial charge on any atom is -0.434 e. The van der Waals surface area contributed by atoms with Crippen molar-refractivity contribution in [3.63, 3.8) is 0 Å². The molecule has 0 aromatic carbocycles. The largest absolute Gasteiger partial charge is 0.434 e. The van der Waals surface area contributed by atoms with Crippen molar-refractivity contribution < 1.29 is 14.3 Å². The Morgan fingerprint density at radius 2 is 1.67 bits per heavy atom. The van der Waals surface area contributed by atoms with Gasteiger partial charge >= 0.3 is 5.97 Å². The maximum Gasteiger partial charge on any atom is 0.305 e. The van der Waals surface area contributed by atoms with Crippen LogP contribution in [0.2, 0.25) is 0 Å². The summed E-state index contributed by atoms with van der Waals surface area (Å²) in [5.41, 5.74) is 0. The van der Waals surface area contributed by atoms with E-state index in [1.807, 2.05) is 13.8 Å². The third-order valence-corrected chi connectivity index (χ3v) is 1.04. The molecule has 0 N–H and O–H groups in total. The zero-order chi connectivity index (χ0) is 9.99. The predicted octanol–water partition coefficient (Wildman–Crippen LogP) is 2.43. The summed E-state index contributed by atoms with van der Waals surface area (Å²) in [6.45, 7) is 8.40. The molecule has 12 heavy (non-hydrogen) atoms. The number of carbonyl (C=O) groups excluding carboxylic acids is 1. The molecule has 0 heterocycles. The van der Waals surface area contributed by atoms with Crippen molar-refractivity contribution in [1.82, 2.24) is 0 Å². The van der Waals surface area contributed by atoms with Gasteiger partial charge in [0.15, 0.2) is 0 Å². The van der Waals surface area contributed by atoms with Crippen LogP contribution in [0.1, 0.15) is 34.6 Å². The molecule has 0 aromatic heterocycles. The Balaban J connectivity index is 4.13. The minimum absolute atomic E-state index is 0.350. The first kappa shape index (κ1) is 11.9. The SMILES string of the molecule is CC(=O)OC(C)(C)OC(C)(C)Br. The van der Waals surface area contributed by atoms with E-state index in [9.17, 15) is 4.79 Å². The molecule has 0 spiro atoms. The second-order valence-corrected chi connectivity index (χ2v) is 5.37. The molecule has 0 saturated heterocycles. The third-order valence-electron chi connectivity index (χ3n) is 0.878. The summed E-state index contributed by atoms with van der Waals surface area (Å²) < 4.78 is 9.84. The molecule has 4 heteroatoms. The van der Waals surface area contributed by atoms with Gasteiger partial charge in [0.1, 0.15) is 4.51 Å². The van der Waals surface area contributed by atoms with Gasteiger partial charge in [-0.2, -0.15) is 0 Å². The van der Waals surface area contributed by atoms with E-state index in [1.54, 1.807) is 13.8 Å². The number of halogens is 1. The van der Waals surface area contributed by atoms with Crippen LogP contribution in [-0.4, -0.2) is 16.3 Å². The summed E-state index contributed by atoms with van der Waals surface area (Å²) in [4.78, 5) is 10.6. The van der Waals surface area contributed by atoms with Crippen molar-refractivity contribution >= 4 is 21.9 Å². The molecular formula is C8H15BrO3. The normalized spacial score (nSPS) is 12.8. The van der Waals surface area contributed by atoms with Gasteiger partial charge in [0.2, 0.25) is 5.79 Å². The Labute approximate surface area is 81.6 Å². The average molecular weight is 239 g/mol. The molecular weight excluding hydrogens is 224 g/mol. The average Bonchev–Trinajstić information content (AvgIpc) is 1.48. The molecule has 0 rings (SSSR count). The second kappa shape index (κ2) is 3.75. The lowest BCUT2D eigenvalue weighted by molar-refractivity contribution is -0.231. The van der Waals surface area contributed by atoms with Gasteiger partial charge in [0, 0.05) is 20.8 Å². The van der Waals surface area contributed by atoms with Crippen LogP contribution in [0.4, 0.5) is 0 Å². The number of ether oxygens (including phenoxy) is 2. The standard InChI is InChI=1S/C8H15BrO3/c1-6(10)11-8(4,5)12-7(2,3)9/h1-5H3. The molecule has 0 aliphatic heterocycles. The Morgan fingerprint density at radius 1 is 1.25 bits per heavy atom. The van der Waals surface area contributed by atoms with E-state index in [2.05, 4.69) is 15.9 Å². The van der Waals surface area contributed by atoms with Gasteiger partial charge in [-0.05, 0) is 13.8 Å². The Morgan fingerprint density at radius 3 is 1.92 bits per heavy atom. The Kier molecular flexibility index (Phi) is 3.72. The summed E-state index contributed by atoms with van der Waals surface area (Å²) >= 11 is 3.29. The highest BCUT2D eigenvalue weighted by molar-refractivity contribution is 9.10. The van der Waals surface area contributed by atoms with Gasteiger partial charge in [0.05, 0.1) is 0 Å². The highest BCUT2D eigenvalue weighted by Crippen LogP contribution is 2.26. The molecule has 0 atom stereocenters. The van der Waals surface area contributed by atoms with E-state index in [-0.39, 0.29) is 5.97 Å². The number of rotatable bonds is 3. The van der Waals surface area contributed by atoms with Gasteiger partial charge in [-0.3, -0.25) is 4.79 Å². The fraction of sp³-hybridized carbons (Fsp3) is 0.875. The molecule has 0 amide bonds. The van der Waals surface area contributed by atoms with Crippen LogP contribution in [-0.2, 0) is 14.3 Å². The van der Waals surface area contributed by atoms with E-state index in [1.165, 1.54) is 6.92 Å². The lowest BCUT2D eigenvalue weighted by Crippen LogP contribution is -2.36. The van der Waals surface area contributed by atoms with Crippen LogP contribution in [0.3, 0.4) is 0 Å². The second-order valence-electron chi connectivity index (χ2n) is 3.46. The summed E-state index contributed by atoms with van der Waals surface area (Å²) in [5.74, 6) is -1.24. The molecule has 0 aromatic rings. The van der Waals surface area contributed by atoms with Crippen molar-refractivity contribution in [3.05, 3.63) is 0 Å². The van der Waals surface area contributed by atoms with Crippen molar-refractivity contribution in [2.45, 2.75) is 44.9 Å². The molecule has 0 radical (unpaired) electrons. The van der Waals surface area contributed by atoms with Crippen LogP contribution in [0.25, 0.3) is 0 Å². The van der Waals surface area contributed by atoms with Crippen LogP contribution in [0.5, 0.6) is 0 Å². The van der Waals surface area contributed by atoms with E-state index in [0.29, 0.717) is 0 Å². The number of hydrogen-bond acceptors (Lipinski definition) is 3. The predicted molar refractivity (Wildman–Crippen MR) is 49.9 cm³/mol. The first-order valence-corrected chi connectivity index (χ1v) is 4.50. The topological polar surface area (TPSA) is 35.5 Å². The highest BCUT2D eigenvalue weighted by Gasteiger charge is 2.29. The quantitative estimate of drug-likeness (QED) is 0.431. The number of carbonyl (C=O) groups is 1. The van der Waals surface area contributed by atoms with Crippen LogP contribution in [0, 0.1) is 0 Å². The lowest BCUT2D eigenvalue weighted by atomic mass is 10.3. The van der Waals surface area contributed by atoms with Crippen molar-refractivity contribution in [2.75, 3.05) is 0 Å². The molecule has 3 nitrogen and oxygen atoms in total. The van der Waals surface area contributed by atoms with E-state index >= 15 is 0 Å². The van der Waals surface area contributed by atoms with Gasteiger partial charge in [0.25, 0.3) is 0 Å². The summed E-state index contributed by atoms with van der Waals surface area (Å²) in [5, 5.41) is 0. The fourth-order valence-electron chi connectivity index (χ4n) is 0.951. The smallest absolute Gasteiger partial charge is 0.305 e. The first-order valence-electron chi connectivity index (χ1n) is 3.71. The molecule has 0 aliphatic rings. The third kappa shape index (κ3) is 6.61. The van der Waals surface area contributed by atoms with Crippen LogP contribution < -0.4 is 0 Å².